The van der Waals surface area contributed by atoms with Gasteiger partial charge in [-0.05, 0) is 42.7 Å². The van der Waals surface area contributed by atoms with Crippen LogP contribution in [0.4, 0.5) is 0 Å². The predicted octanol–water partition coefficient (Wildman–Crippen LogP) is 7.91. The third-order valence-electron chi connectivity index (χ3n) is 5.27. The number of aliphatic hydroxyl groups is 1. The van der Waals surface area contributed by atoms with Crippen LogP contribution in [0.3, 0.4) is 0 Å². The Bertz CT molecular complexity index is 1320. The molecular formula is C30H32IrNO3-. The van der Waals surface area contributed by atoms with Crippen LogP contribution >= 0.6 is 0 Å². The smallest absolute Gasteiger partial charge is 0.155 e. The van der Waals surface area contributed by atoms with Crippen LogP contribution in [0.5, 0.6) is 0 Å². The van der Waals surface area contributed by atoms with Crippen molar-refractivity contribution in [1.82, 2.24) is 4.98 Å². The van der Waals surface area contributed by atoms with Crippen LogP contribution in [0.1, 0.15) is 51.3 Å². The summed E-state index contributed by atoms with van der Waals surface area (Å²) in [5.41, 5.74) is 7.61. The molecule has 2 heterocycles. The number of pyridine rings is 1. The Morgan fingerprint density at radius 3 is 2.20 bits per heavy atom. The summed E-state index contributed by atoms with van der Waals surface area (Å²) >= 11 is 0. The molecule has 0 fully saturated rings. The zero-order valence-corrected chi connectivity index (χ0v) is 23.7. The van der Waals surface area contributed by atoms with Crippen molar-refractivity contribution in [1.29, 1.82) is 0 Å². The summed E-state index contributed by atoms with van der Waals surface area (Å²) < 4.78 is 6.15. The molecule has 0 atom stereocenters. The molecule has 2 aromatic heterocycles. The Balaban J connectivity index is 0.000000476. The Morgan fingerprint density at radius 2 is 1.69 bits per heavy atom. The molecule has 0 aliphatic heterocycles. The number of aliphatic hydroxyl groups excluding tert-OH is 1. The molecule has 35 heavy (non-hydrogen) atoms. The van der Waals surface area contributed by atoms with E-state index in [4.69, 9.17) is 9.52 Å². The first-order chi connectivity index (χ1) is 15.9. The Hall–Kier alpha value is -3.01. The first-order valence-electron chi connectivity index (χ1n) is 11.3. The molecule has 4 rings (SSSR count). The molecule has 0 saturated heterocycles. The zero-order valence-electron chi connectivity index (χ0n) is 21.3. The fraction of sp³-hybridized carbons (Fsp3) is 0.267. The van der Waals surface area contributed by atoms with E-state index < -0.39 is 0 Å². The SMILES string of the molecule is CC(=O)/C=C(/C)O.Cc1[c-]c(-c2cc3oc(-c4ccc(C(C)(C)C)cc4)cc3cn2)cc(C)c1.[Ir]. The minimum absolute atomic E-state index is 0. The first-order valence-corrected chi connectivity index (χ1v) is 11.3. The van der Waals surface area contributed by atoms with E-state index in [2.05, 4.69) is 88.1 Å². The summed E-state index contributed by atoms with van der Waals surface area (Å²) in [6, 6.07) is 20.3. The van der Waals surface area contributed by atoms with Crippen molar-refractivity contribution in [2.45, 2.75) is 53.9 Å². The van der Waals surface area contributed by atoms with Gasteiger partial charge < -0.3 is 14.5 Å². The molecule has 0 amide bonds. The van der Waals surface area contributed by atoms with E-state index >= 15 is 0 Å². The van der Waals surface area contributed by atoms with Crippen LogP contribution in [0, 0.1) is 19.9 Å². The summed E-state index contributed by atoms with van der Waals surface area (Å²) in [5, 5.41) is 9.38. The fourth-order valence-corrected chi connectivity index (χ4v) is 3.69. The number of carbonyl (C=O) groups is 1. The normalized spacial score (nSPS) is 11.5. The summed E-state index contributed by atoms with van der Waals surface area (Å²) in [6.45, 7) is 13.7. The molecule has 4 aromatic rings. The molecule has 5 heteroatoms. The van der Waals surface area contributed by atoms with Crippen LogP contribution < -0.4 is 0 Å². The van der Waals surface area contributed by atoms with Gasteiger partial charge in [0.15, 0.2) is 5.78 Å². The standard InChI is InChI=1S/C25H24NO.C5H8O2.Ir/c1-16-10-17(2)12-19(11-16)22-14-24-20(15-26-22)13-23(27-24)18-6-8-21(9-7-18)25(3,4)5;1-4(6)3-5(2)7;/h6-11,13-15H,1-5H3;3,6H,1-2H3;/q-1;;/b;4-3-;. The van der Waals surface area contributed by atoms with Crippen molar-refractivity contribution in [3.8, 4) is 22.6 Å². The maximum absolute atomic E-state index is 10.0. The van der Waals surface area contributed by atoms with E-state index in [1.807, 2.05) is 12.3 Å². The van der Waals surface area contributed by atoms with E-state index in [0.717, 1.165) is 39.1 Å². The van der Waals surface area contributed by atoms with Crippen molar-refractivity contribution < 1.29 is 34.4 Å². The molecule has 0 spiro atoms. The number of benzene rings is 2. The number of nitrogens with zero attached hydrogens (tertiary/aromatic N) is 1. The summed E-state index contributed by atoms with van der Waals surface area (Å²) in [5.74, 6) is 0.807. The van der Waals surface area contributed by atoms with Crippen LogP contribution in [-0.4, -0.2) is 15.9 Å². The quantitative estimate of drug-likeness (QED) is 0.140. The molecule has 0 aliphatic carbocycles. The third-order valence-corrected chi connectivity index (χ3v) is 5.27. The van der Waals surface area contributed by atoms with Crippen molar-refractivity contribution in [3.63, 3.8) is 0 Å². The van der Waals surface area contributed by atoms with E-state index in [1.165, 1.54) is 31.1 Å². The number of carbonyl (C=O) groups excluding carboxylic acids is 1. The molecule has 1 N–H and O–H groups in total. The van der Waals surface area contributed by atoms with Gasteiger partial charge in [-0.2, -0.15) is 0 Å². The van der Waals surface area contributed by atoms with Crippen LogP contribution in [0.15, 0.2) is 71.0 Å². The predicted molar refractivity (Wildman–Crippen MR) is 139 cm³/mol. The summed E-state index contributed by atoms with van der Waals surface area (Å²) in [4.78, 5) is 14.6. The number of rotatable bonds is 3. The second kappa shape index (κ2) is 11.6. The molecule has 4 nitrogen and oxygen atoms in total. The molecule has 0 unspecified atom stereocenters. The molecule has 185 valence electrons. The monoisotopic (exact) mass is 647 g/mol. The maximum Gasteiger partial charge on any atom is 0.155 e. The number of hydrogen-bond acceptors (Lipinski definition) is 4. The number of ketones is 1. The fourth-order valence-electron chi connectivity index (χ4n) is 3.69. The van der Waals surface area contributed by atoms with Crippen molar-refractivity contribution in [3.05, 3.63) is 89.3 Å². The summed E-state index contributed by atoms with van der Waals surface area (Å²) in [7, 11) is 0. The van der Waals surface area contributed by atoms with Gasteiger partial charge in [-0.3, -0.25) is 4.79 Å². The molecule has 1 radical (unpaired) electrons. The number of aryl methyl sites for hydroxylation is 2. The van der Waals surface area contributed by atoms with Gasteiger partial charge in [-0.1, -0.05) is 58.9 Å². The van der Waals surface area contributed by atoms with Gasteiger partial charge in [-0.25, -0.2) is 0 Å². The van der Waals surface area contributed by atoms with Gasteiger partial charge in [-0.15, -0.1) is 34.9 Å². The number of allylic oxidation sites excluding steroid dienone is 2. The minimum Gasteiger partial charge on any atom is -0.512 e. The van der Waals surface area contributed by atoms with Crippen molar-refractivity contribution >= 4 is 16.8 Å². The molecule has 0 bridgehead atoms. The number of aromatic nitrogens is 1. The minimum atomic E-state index is -0.125. The average molecular weight is 647 g/mol. The van der Waals surface area contributed by atoms with Crippen LogP contribution in [0.25, 0.3) is 33.6 Å². The Labute approximate surface area is 221 Å². The van der Waals surface area contributed by atoms with Gasteiger partial charge in [0.05, 0.1) is 5.76 Å². The van der Waals surface area contributed by atoms with Crippen LogP contribution in [0.2, 0.25) is 0 Å². The first kappa shape index (κ1) is 28.2. The van der Waals surface area contributed by atoms with Gasteiger partial charge >= 0.3 is 0 Å². The van der Waals surface area contributed by atoms with Crippen LogP contribution in [-0.2, 0) is 30.3 Å². The van der Waals surface area contributed by atoms with Gasteiger partial charge in [0.2, 0.25) is 0 Å². The van der Waals surface area contributed by atoms with E-state index in [-0.39, 0.29) is 37.1 Å². The second-order valence-corrected chi connectivity index (χ2v) is 9.70. The summed E-state index contributed by atoms with van der Waals surface area (Å²) in [6.07, 6.45) is 3.05. The number of hydrogen-bond donors (Lipinski definition) is 1. The third kappa shape index (κ3) is 7.74. The molecule has 0 saturated carbocycles. The average Bonchev–Trinajstić information content (AvgIpc) is 3.15. The maximum atomic E-state index is 10.0. The topological polar surface area (TPSA) is 63.3 Å². The number of furan rings is 1. The second-order valence-electron chi connectivity index (χ2n) is 9.70. The van der Waals surface area contributed by atoms with E-state index in [1.54, 1.807) is 0 Å². The molecule has 2 aromatic carbocycles. The molecule has 0 aliphatic rings. The van der Waals surface area contributed by atoms with Gasteiger partial charge in [0, 0.05) is 43.3 Å². The van der Waals surface area contributed by atoms with Crippen molar-refractivity contribution in [2.75, 3.05) is 0 Å². The van der Waals surface area contributed by atoms with Gasteiger partial charge in [0.1, 0.15) is 11.3 Å². The zero-order chi connectivity index (χ0) is 25.0. The van der Waals surface area contributed by atoms with Gasteiger partial charge in [0.25, 0.3) is 0 Å². The van der Waals surface area contributed by atoms with Crippen molar-refractivity contribution in [2.24, 2.45) is 0 Å². The Morgan fingerprint density at radius 1 is 1.03 bits per heavy atom. The molecular weight excluding hydrogens is 615 g/mol. The Kier molecular flexibility index (Phi) is 9.37. The van der Waals surface area contributed by atoms with E-state index in [9.17, 15) is 4.79 Å². The largest absolute Gasteiger partial charge is 0.512 e. The number of fused-ring (bicyclic) bond motifs is 1. The van der Waals surface area contributed by atoms with E-state index in [0.29, 0.717) is 0 Å².